The average molecular weight is 368 g/mol. The molecule has 8 nitrogen and oxygen atoms in total. The molecule has 0 aliphatic heterocycles. The van der Waals surface area contributed by atoms with Crippen molar-refractivity contribution < 1.29 is 13.6 Å². The molecule has 0 radical (unpaired) electrons. The predicted octanol–water partition coefficient (Wildman–Crippen LogP) is 2.78. The first-order chi connectivity index (χ1) is 13.2. The molecule has 0 unspecified atom stereocenters. The fourth-order valence-electron chi connectivity index (χ4n) is 3.13. The van der Waals surface area contributed by atoms with Crippen LogP contribution in [0.1, 0.15) is 35.4 Å². The molecule has 2 N–H and O–H groups in total. The van der Waals surface area contributed by atoms with E-state index in [1.807, 2.05) is 0 Å². The number of oxazole rings is 1. The van der Waals surface area contributed by atoms with E-state index in [-0.39, 0.29) is 22.9 Å². The summed E-state index contributed by atoms with van der Waals surface area (Å²) in [5, 5.41) is 13.6. The molecule has 138 valence electrons. The van der Waals surface area contributed by atoms with Crippen molar-refractivity contribution in [2.75, 3.05) is 17.2 Å². The second kappa shape index (κ2) is 7.10. The molecule has 0 atom stereocenters. The van der Waals surface area contributed by atoms with E-state index in [2.05, 4.69) is 30.8 Å². The van der Waals surface area contributed by atoms with Gasteiger partial charge in [0.2, 0.25) is 0 Å². The Bertz CT molecular complexity index is 925. The van der Waals surface area contributed by atoms with Crippen molar-refractivity contribution >= 4 is 17.7 Å². The fraction of sp³-hybridized carbons (Fsp3) is 0.278. The largest absolute Gasteiger partial charge is 0.432 e. The lowest BCUT2D eigenvalue weighted by Crippen LogP contribution is -2.42. The highest BCUT2D eigenvalue weighted by molar-refractivity contribution is 6.01. The van der Waals surface area contributed by atoms with E-state index in [9.17, 15) is 9.18 Å². The van der Waals surface area contributed by atoms with Crippen LogP contribution in [-0.2, 0) is 5.41 Å². The Hall–Kier alpha value is -3.36. The van der Waals surface area contributed by atoms with Crippen LogP contribution in [0.3, 0.4) is 0 Å². The van der Waals surface area contributed by atoms with Gasteiger partial charge in [-0.3, -0.25) is 15.1 Å². The van der Waals surface area contributed by atoms with Gasteiger partial charge in [-0.05, 0) is 37.1 Å². The summed E-state index contributed by atoms with van der Waals surface area (Å²) in [4.78, 5) is 20.1. The van der Waals surface area contributed by atoms with Crippen molar-refractivity contribution in [1.82, 2.24) is 20.2 Å². The van der Waals surface area contributed by atoms with E-state index in [0.717, 1.165) is 19.3 Å². The zero-order valence-corrected chi connectivity index (χ0v) is 14.4. The number of hydrogen-bond acceptors (Lipinski definition) is 7. The van der Waals surface area contributed by atoms with Crippen LogP contribution in [0.2, 0.25) is 0 Å². The number of halogens is 1. The highest BCUT2D eigenvalue weighted by Gasteiger charge is 2.41. The number of pyridine rings is 1. The van der Waals surface area contributed by atoms with Crippen LogP contribution in [0, 0.1) is 5.82 Å². The lowest BCUT2D eigenvalue weighted by molar-refractivity contribution is 0.101. The van der Waals surface area contributed by atoms with Crippen LogP contribution in [0.25, 0.3) is 0 Å². The van der Waals surface area contributed by atoms with Crippen molar-refractivity contribution in [3.05, 3.63) is 60.1 Å². The highest BCUT2D eigenvalue weighted by atomic mass is 19.1. The second-order valence-corrected chi connectivity index (χ2v) is 6.42. The van der Waals surface area contributed by atoms with E-state index in [4.69, 9.17) is 4.42 Å². The molecule has 1 aliphatic carbocycles. The molecule has 27 heavy (non-hydrogen) atoms. The molecule has 3 heterocycles. The average Bonchev–Trinajstić information content (AvgIpc) is 3.15. The number of rotatable bonds is 6. The van der Waals surface area contributed by atoms with Crippen molar-refractivity contribution in [3.8, 4) is 0 Å². The number of aromatic nitrogens is 4. The van der Waals surface area contributed by atoms with Crippen LogP contribution in [0.4, 0.5) is 16.2 Å². The highest BCUT2D eigenvalue weighted by Crippen LogP contribution is 2.43. The molecule has 0 aromatic carbocycles. The molecule has 4 rings (SSSR count). The predicted molar refractivity (Wildman–Crippen MR) is 94.7 cm³/mol. The minimum Gasteiger partial charge on any atom is -0.432 e. The molecule has 1 aliphatic rings. The zero-order chi connectivity index (χ0) is 18.7. The Morgan fingerprint density at radius 2 is 2.07 bits per heavy atom. The fourth-order valence-corrected chi connectivity index (χ4v) is 3.13. The van der Waals surface area contributed by atoms with Gasteiger partial charge in [-0.2, -0.15) is 0 Å². The van der Waals surface area contributed by atoms with Crippen LogP contribution in [0.5, 0.6) is 0 Å². The summed E-state index contributed by atoms with van der Waals surface area (Å²) in [6, 6.07) is 6.31. The Kier molecular flexibility index (Phi) is 4.49. The van der Waals surface area contributed by atoms with Crippen LogP contribution in [0.15, 0.2) is 47.3 Å². The summed E-state index contributed by atoms with van der Waals surface area (Å²) < 4.78 is 19.1. The quantitative estimate of drug-likeness (QED) is 0.689. The molecule has 1 amide bonds. The summed E-state index contributed by atoms with van der Waals surface area (Å²) in [5.74, 6) is -0.253. The molecule has 1 saturated carbocycles. The van der Waals surface area contributed by atoms with Gasteiger partial charge in [-0.25, -0.2) is 9.37 Å². The molecule has 1 fully saturated rings. The van der Waals surface area contributed by atoms with Crippen molar-refractivity contribution in [2.45, 2.75) is 24.7 Å². The van der Waals surface area contributed by atoms with Gasteiger partial charge in [0, 0.05) is 18.2 Å². The first-order valence-corrected chi connectivity index (χ1v) is 8.56. The Morgan fingerprint density at radius 1 is 1.19 bits per heavy atom. The zero-order valence-electron chi connectivity index (χ0n) is 14.4. The maximum absolute atomic E-state index is 14.2. The summed E-state index contributed by atoms with van der Waals surface area (Å²) >= 11 is 0. The van der Waals surface area contributed by atoms with E-state index in [1.54, 1.807) is 24.4 Å². The second-order valence-electron chi connectivity index (χ2n) is 6.42. The van der Waals surface area contributed by atoms with Gasteiger partial charge >= 0.3 is 6.01 Å². The lowest BCUT2D eigenvalue weighted by atomic mass is 9.66. The monoisotopic (exact) mass is 368 g/mol. The molecule has 0 bridgehead atoms. The number of nitrogens with one attached hydrogen (secondary N) is 2. The van der Waals surface area contributed by atoms with Crippen molar-refractivity contribution in [2.24, 2.45) is 0 Å². The Morgan fingerprint density at radius 3 is 2.70 bits per heavy atom. The molecule has 3 aromatic heterocycles. The van der Waals surface area contributed by atoms with Gasteiger partial charge in [0.1, 0.15) is 17.9 Å². The van der Waals surface area contributed by atoms with Gasteiger partial charge in [0.05, 0.1) is 11.9 Å². The standard InChI is InChI=1S/C18H17FN6O2/c19-12-3-1-8-20-15(12)18(6-2-7-18)11-22-14-5-4-13(24-25-14)16(26)23-17-21-9-10-27-17/h1,3-5,8-10H,2,6-7,11H2,(H,22,25)(H,21,23,26). The number of carbonyl (C=O) groups excluding carboxylic acids is 1. The SMILES string of the molecule is O=C(Nc1ncco1)c1ccc(NCC2(c3ncccc3F)CCC2)nn1. The molecular weight excluding hydrogens is 351 g/mol. The Labute approximate surface area is 154 Å². The number of anilines is 2. The molecule has 3 aromatic rings. The van der Waals surface area contributed by atoms with Gasteiger partial charge in [-0.15, -0.1) is 10.2 Å². The smallest absolute Gasteiger partial charge is 0.301 e. The van der Waals surface area contributed by atoms with E-state index >= 15 is 0 Å². The van der Waals surface area contributed by atoms with Gasteiger partial charge in [0.15, 0.2) is 5.69 Å². The van der Waals surface area contributed by atoms with Crippen LogP contribution < -0.4 is 10.6 Å². The third-order valence-electron chi connectivity index (χ3n) is 4.73. The maximum Gasteiger partial charge on any atom is 0.301 e. The summed E-state index contributed by atoms with van der Waals surface area (Å²) in [7, 11) is 0. The minimum absolute atomic E-state index is 0.0910. The summed E-state index contributed by atoms with van der Waals surface area (Å²) in [6.07, 6.45) is 7.14. The molecule has 0 saturated heterocycles. The molecule has 0 spiro atoms. The van der Waals surface area contributed by atoms with E-state index < -0.39 is 5.91 Å². The molecule has 9 heteroatoms. The number of carbonyl (C=O) groups is 1. The topological polar surface area (TPSA) is 106 Å². The number of nitrogens with zero attached hydrogens (tertiary/aromatic N) is 4. The third kappa shape index (κ3) is 3.48. The van der Waals surface area contributed by atoms with Gasteiger partial charge < -0.3 is 9.73 Å². The van der Waals surface area contributed by atoms with Crippen molar-refractivity contribution in [3.63, 3.8) is 0 Å². The minimum atomic E-state index is -0.470. The first-order valence-electron chi connectivity index (χ1n) is 8.56. The molecular formula is C18H17FN6O2. The van der Waals surface area contributed by atoms with Crippen molar-refractivity contribution in [1.29, 1.82) is 0 Å². The number of hydrogen-bond donors (Lipinski definition) is 2. The first kappa shape index (κ1) is 17.1. The van der Waals surface area contributed by atoms with Crippen LogP contribution >= 0.6 is 0 Å². The summed E-state index contributed by atoms with van der Waals surface area (Å²) in [6.45, 7) is 0.497. The number of amides is 1. The Balaban J connectivity index is 1.41. The van der Waals surface area contributed by atoms with E-state index in [1.165, 1.54) is 18.5 Å². The third-order valence-corrected chi connectivity index (χ3v) is 4.73. The maximum atomic E-state index is 14.2. The lowest BCUT2D eigenvalue weighted by Gasteiger charge is -2.41. The summed E-state index contributed by atoms with van der Waals surface area (Å²) in [5.41, 5.74) is 0.278. The van der Waals surface area contributed by atoms with Crippen LogP contribution in [-0.4, -0.2) is 32.6 Å². The van der Waals surface area contributed by atoms with E-state index in [0.29, 0.717) is 18.1 Å². The normalized spacial score (nSPS) is 15.0. The van der Waals surface area contributed by atoms with Gasteiger partial charge in [-0.1, -0.05) is 6.42 Å². The van der Waals surface area contributed by atoms with Gasteiger partial charge in [0.25, 0.3) is 5.91 Å².